The van der Waals surface area contributed by atoms with E-state index in [0.717, 1.165) is 30.8 Å². The molecule has 0 N–H and O–H groups in total. The zero-order chi connectivity index (χ0) is 21.8. The maximum atomic E-state index is 12.8. The van der Waals surface area contributed by atoms with E-state index in [0.29, 0.717) is 35.6 Å². The first-order valence-electron chi connectivity index (χ1n) is 10.4. The molecule has 31 heavy (non-hydrogen) atoms. The molecule has 1 saturated heterocycles. The Hall–Kier alpha value is -3.06. The Morgan fingerprint density at radius 2 is 1.90 bits per heavy atom. The number of carbonyl (C=O) groups is 1. The van der Waals surface area contributed by atoms with Crippen LogP contribution in [0.1, 0.15) is 19.7 Å². The molecule has 8 heteroatoms. The van der Waals surface area contributed by atoms with E-state index in [1.807, 2.05) is 24.0 Å². The first kappa shape index (κ1) is 21.2. The summed E-state index contributed by atoms with van der Waals surface area (Å²) in [4.78, 5) is 21.3. The normalized spacial score (nSPS) is 15.1. The predicted molar refractivity (Wildman–Crippen MR) is 119 cm³/mol. The van der Waals surface area contributed by atoms with Crippen molar-refractivity contribution in [2.24, 2.45) is 0 Å². The number of ether oxygens (including phenoxy) is 1. The van der Waals surface area contributed by atoms with E-state index in [4.69, 9.17) is 20.9 Å². The fraction of sp³-hybridized carbons (Fsp3) is 0.348. The third-order valence-corrected chi connectivity index (χ3v) is 5.54. The largest absolute Gasteiger partial charge is 0.481 e. The van der Waals surface area contributed by atoms with Crippen molar-refractivity contribution in [3.05, 3.63) is 59.4 Å². The monoisotopic (exact) mass is 440 g/mol. The molecule has 0 saturated carbocycles. The number of amides is 1. The Kier molecular flexibility index (Phi) is 6.42. The Labute approximate surface area is 186 Å². The molecular formula is C23H25ClN4O3. The molecule has 0 bridgehead atoms. The number of benzene rings is 2. The summed E-state index contributed by atoms with van der Waals surface area (Å²) < 4.78 is 11.0. The molecule has 0 aliphatic carbocycles. The van der Waals surface area contributed by atoms with Crippen LogP contribution in [0.15, 0.2) is 53.1 Å². The lowest BCUT2D eigenvalue weighted by Crippen LogP contribution is -2.52. The molecule has 0 spiro atoms. The van der Waals surface area contributed by atoms with Gasteiger partial charge in [0, 0.05) is 48.9 Å². The smallest absolute Gasteiger partial charge is 0.263 e. The van der Waals surface area contributed by atoms with E-state index in [-0.39, 0.29) is 5.91 Å². The van der Waals surface area contributed by atoms with Crippen molar-refractivity contribution in [1.82, 2.24) is 15.0 Å². The van der Waals surface area contributed by atoms with Crippen LogP contribution in [0.25, 0.3) is 11.4 Å². The van der Waals surface area contributed by atoms with Crippen LogP contribution in [-0.4, -0.2) is 53.2 Å². The number of aromatic nitrogens is 2. The highest BCUT2D eigenvalue weighted by Gasteiger charge is 2.26. The summed E-state index contributed by atoms with van der Waals surface area (Å²) in [5.74, 6) is 1.82. The number of carbonyl (C=O) groups excluding carboxylic acids is 1. The van der Waals surface area contributed by atoms with Gasteiger partial charge in [0.1, 0.15) is 5.75 Å². The van der Waals surface area contributed by atoms with Crippen molar-refractivity contribution in [2.45, 2.75) is 26.4 Å². The fourth-order valence-corrected chi connectivity index (χ4v) is 3.75. The SMILES string of the molecule is CCc1nc(-c2ccc(N3CCN(C(=O)[C@@H](C)Oc4cccc(Cl)c4)CC3)cc2)no1. The average molecular weight is 441 g/mol. The van der Waals surface area contributed by atoms with E-state index in [1.165, 1.54) is 0 Å². The van der Waals surface area contributed by atoms with Gasteiger partial charge >= 0.3 is 0 Å². The summed E-state index contributed by atoms with van der Waals surface area (Å²) in [6, 6.07) is 15.2. The van der Waals surface area contributed by atoms with Gasteiger partial charge in [0.05, 0.1) is 0 Å². The van der Waals surface area contributed by atoms with Crippen LogP contribution in [0.2, 0.25) is 5.02 Å². The molecule has 7 nitrogen and oxygen atoms in total. The third kappa shape index (κ3) is 4.99. The third-order valence-electron chi connectivity index (χ3n) is 5.31. The second kappa shape index (κ2) is 9.39. The molecule has 1 aromatic heterocycles. The minimum atomic E-state index is -0.563. The second-order valence-electron chi connectivity index (χ2n) is 7.44. The van der Waals surface area contributed by atoms with Crippen LogP contribution in [0.4, 0.5) is 5.69 Å². The molecule has 1 atom stereocenters. The molecular weight excluding hydrogens is 416 g/mol. The Morgan fingerprint density at radius 3 is 2.55 bits per heavy atom. The number of rotatable bonds is 6. The topological polar surface area (TPSA) is 71.7 Å². The van der Waals surface area contributed by atoms with E-state index < -0.39 is 6.10 Å². The Balaban J connectivity index is 1.32. The van der Waals surface area contributed by atoms with Crippen LogP contribution in [0.5, 0.6) is 5.75 Å². The average Bonchev–Trinajstić information content (AvgIpc) is 3.28. The minimum absolute atomic E-state index is 0.0150. The van der Waals surface area contributed by atoms with Gasteiger partial charge in [-0.25, -0.2) is 0 Å². The van der Waals surface area contributed by atoms with Crippen molar-refractivity contribution in [3.8, 4) is 17.1 Å². The zero-order valence-corrected chi connectivity index (χ0v) is 18.4. The van der Waals surface area contributed by atoms with Crippen molar-refractivity contribution in [1.29, 1.82) is 0 Å². The van der Waals surface area contributed by atoms with Gasteiger partial charge in [0.25, 0.3) is 5.91 Å². The maximum absolute atomic E-state index is 12.8. The molecule has 1 aliphatic rings. The van der Waals surface area contributed by atoms with Gasteiger partial charge < -0.3 is 19.1 Å². The molecule has 162 valence electrons. The summed E-state index contributed by atoms with van der Waals surface area (Å²) in [5, 5.41) is 4.60. The van der Waals surface area contributed by atoms with Crippen molar-refractivity contribution in [3.63, 3.8) is 0 Å². The fourth-order valence-electron chi connectivity index (χ4n) is 3.57. The van der Waals surface area contributed by atoms with Crippen LogP contribution in [0, 0.1) is 0 Å². The van der Waals surface area contributed by atoms with E-state index in [2.05, 4.69) is 27.2 Å². The Morgan fingerprint density at radius 1 is 1.16 bits per heavy atom. The lowest BCUT2D eigenvalue weighted by molar-refractivity contribution is -0.138. The predicted octanol–water partition coefficient (Wildman–Crippen LogP) is 4.07. The number of piperazine rings is 1. The summed E-state index contributed by atoms with van der Waals surface area (Å²) in [6.45, 7) is 6.57. The van der Waals surface area contributed by atoms with Gasteiger partial charge in [-0.05, 0) is 49.4 Å². The first-order chi connectivity index (χ1) is 15.0. The quantitative estimate of drug-likeness (QED) is 0.575. The van der Waals surface area contributed by atoms with E-state index in [9.17, 15) is 4.79 Å². The zero-order valence-electron chi connectivity index (χ0n) is 17.6. The van der Waals surface area contributed by atoms with Crippen molar-refractivity contribution < 1.29 is 14.1 Å². The molecule has 4 rings (SSSR count). The van der Waals surface area contributed by atoms with Crippen molar-refractivity contribution in [2.75, 3.05) is 31.1 Å². The lowest BCUT2D eigenvalue weighted by atomic mass is 10.1. The molecule has 0 radical (unpaired) electrons. The van der Waals surface area contributed by atoms with Gasteiger partial charge in [0.15, 0.2) is 6.10 Å². The molecule has 0 unspecified atom stereocenters. The number of nitrogens with zero attached hydrogens (tertiary/aromatic N) is 4. The van der Waals surface area contributed by atoms with E-state index in [1.54, 1.807) is 31.2 Å². The summed E-state index contributed by atoms with van der Waals surface area (Å²) in [7, 11) is 0. The summed E-state index contributed by atoms with van der Waals surface area (Å²) in [5.41, 5.74) is 2.03. The standard InChI is InChI=1S/C23H25ClN4O3/c1-3-21-25-22(26-31-21)17-7-9-19(10-8-17)27-11-13-28(14-12-27)23(29)16(2)30-20-6-4-5-18(24)15-20/h4-10,15-16H,3,11-14H2,1-2H3/t16-/m1/s1. The van der Waals surface area contributed by atoms with Gasteiger partial charge in [-0.1, -0.05) is 29.7 Å². The number of aryl methyl sites for hydroxylation is 1. The lowest BCUT2D eigenvalue weighted by Gasteiger charge is -2.37. The van der Waals surface area contributed by atoms with Crippen molar-refractivity contribution >= 4 is 23.2 Å². The molecule has 2 heterocycles. The highest BCUT2D eigenvalue weighted by atomic mass is 35.5. The van der Waals surface area contributed by atoms with Crippen LogP contribution < -0.4 is 9.64 Å². The molecule has 1 aliphatic heterocycles. The molecule has 3 aromatic rings. The summed E-state index contributed by atoms with van der Waals surface area (Å²) >= 11 is 5.99. The van der Waals surface area contributed by atoms with Gasteiger partial charge in [-0.15, -0.1) is 0 Å². The first-order valence-corrected chi connectivity index (χ1v) is 10.8. The highest BCUT2D eigenvalue weighted by molar-refractivity contribution is 6.30. The minimum Gasteiger partial charge on any atom is -0.481 e. The second-order valence-corrected chi connectivity index (χ2v) is 7.88. The Bertz CT molecular complexity index is 1030. The van der Waals surface area contributed by atoms with Crippen LogP contribution >= 0.6 is 11.6 Å². The van der Waals surface area contributed by atoms with Crippen LogP contribution in [0.3, 0.4) is 0 Å². The van der Waals surface area contributed by atoms with E-state index >= 15 is 0 Å². The number of anilines is 1. The van der Waals surface area contributed by atoms with Crippen LogP contribution in [-0.2, 0) is 11.2 Å². The van der Waals surface area contributed by atoms with Gasteiger partial charge in [-0.3, -0.25) is 4.79 Å². The maximum Gasteiger partial charge on any atom is 0.263 e. The number of hydrogen-bond acceptors (Lipinski definition) is 6. The molecule has 1 fully saturated rings. The summed E-state index contributed by atoms with van der Waals surface area (Å²) in [6.07, 6.45) is 0.156. The molecule has 2 aromatic carbocycles. The van der Waals surface area contributed by atoms with Gasteiger partial charge in [0.2, 0.25) is 11.7 Å². The highest BCUT2D eigenvalue weighted by Crippen LogP contribution is 2.23. The number of halogens is 1. The number of hydrogen-bond donors (Lipinski definition) is 0. The molecule has 1 amide bonds. The van der Waals surface area contributed by atoms with Gasteiger partial charge in [-0.2, -0.15) is 4.98 Å².